The van der Waals surface area contributed by atoms with Crippen LogP contribution in [0.15, 0.2) is 91.3 Å². The molecular formula is C42H47Cl3N4O3Ru. The molecule has 0 amide bonds. The number of hydrogen-bond donors (Lipinski definition) is 0. The van der Waals surface area contributed by atoms with Crippen molar-refractivity contribution in [2.24, 2.45) is 0 Å². The van der Waals surface area contributed by atoms with Crippen LogP contribution in [0, 0.1) is 58.3 Å². The molecule has 282 valence electrons. The van der Waals surface area contributed by atoms with Crippen LogP contribution in [-0.4, -0.2) is 38.4 Å². The van der Waals surface area contributed by atoms with Crippen molar-refractivity contribution < 1.29 is 23.2 Å². The topological polar surface area (TPSA) is 75.3 Å². The number of ether oxygens (including phenoxy) is 1. The van der Waals surface area contributed by atoms with E-state index < -0.39 is 18.4 Å². The number of halogens is 3. The van der Waals surface area contributed by atoms with Gasteiger partial charge in [-0.25, -0.2) is 0 Å². The van der Waals surface area contributed by atoms with E-state index in [1.54, 1.807) is 16.9 Å². The van der Waals surface area contributed by atoms with Crippen molar-refractivity contribution in [3.63, 3.8) is 0 Å². The van der Waals surface area contributed by atoms with Crippen LogP contribution in [-0.2, 0) is 13.5 Å². The summed E-state index contributed by atoms with van der Waals surface area (Å²) in [6.45, 7) is 21.4. The second-order valence-corrected chi connectivity index (χ2v) is 19.4. The molecule has 1 aromatic heterocycles. The Morgan fingerprint density at radius 1 is 0.811 bits per heavy atom. The third kappa shape index (κ3) is 12.1. The van der Waals surface area contributed by atoms with Gasteiger partial charge in [-0.3, -0.25) is 4.98 Å². The number of hydrogen-bond acceptors (Lipinski definition) is 5. The summed E-state index contributed by atoms with van der Waals surface area (Å²) in [7, 11) is 11.6. The third-order valence-electron chi connectivity index (χ3n) is 8.35. The van der Waals surface area contributed by atoms with Crippen LogP contribution in [0.4, 0.5) is 17.1 Å². The van der Waals surface area contributed by atoms with Gasteiger partial charge in [-0.05, 0) is 93.1 Å². The molecule has 0 unspecified atom stereocenters. The number of aryl methyl sites for hydroxylation is 6. The van der Waals surface area contributed by atoms with Crippen LogP contribution in [0.1, 0.15) is 52.8 Å². The van der Waals surface area contributed by atoms with Crippen molar-refractivity contribution in [1.82, 2.24) is 4.98 Å². The molecule has 53 heavy (non-hydrogen) atoms. The Kier molecular flexibility index (Phi) is 15.4. The number of non-ortho nitro benzene ring substituents is 1. The molecule has 1 aliphatic rings. The van der Waals surface area contributed by atoms with Crippen LogP contribution in [0.5, 0.6) is 5.75 Å². The average molecular weight is 863 g/mol. The Hall–Kier alpha value is -3.81. The SMILES string of the molecule is CC(C)[OH+]c1ccc([N+](=O)[O-])cc1[CH]=[Ru]([Cl])[Cl].Cc1cc(C)c(N2[CH-]N(c3c(C)cc(C)cc3C)CC2)c(C)c1.Clc1ccc(-c2cccnc2)cc1. The zero-order valence-electron chi connectivity index (χ0n) is 31.3. The van der Waals surface area contributed by atoms with Crippen molar-refractivity contribution in [2.75, 3.05) is 22.9 Å². The first-order chi connectivity index (χ1) is 25.1. The van der Waals surface area contributed by atoms with Gasteiger partial charge in [0.25, 0.3) is 0 Å². The smallest absolute Gasteiger partial charge is 0.0406 e. The van der Waals surface area contributed by atoms with E-state index in [0.717, 1.165) is 29.2 Å². The number of aliphatic hydroxyl groups is 1. The Morgan fingerprint density at radius 2 is 1.34 bits per heavy atom. The van der Waals surface area contributed by atoms with Gasteiger partial charge in [-0.2, -0.15) is 6.67 Å². The van der Waals surface area contributed by atoms with Gasteiger partial charge < -0.3 is 9.80 Å². The predicted molar refractivity (Wildman–Crippen MR) is 222 cm³/mol. The quantitative estimate of drug-likeness (QED) is 0.0536. The van der Waals surface area contributed by atoms with E-state index in [-0.39, 0.29) is 11.8 Å². The molecule has 1 fully saturated rings. The summed E-state index contributed by atoms with van der Waals surface area (Å²) in [4.78, 5) is 19.1. The summed E-state index contributed by atoms with van der Waals surface area (Å²) in [5.41, 5.74) is 13.7. The van der Waals surface area contributed by atoms with Gasteiger partial charge in [0.1, 0.15) is 0 Å². The third-order valence-corrected chi connectivity index (χ3v) is 10.4. The molecule has 0 atom stereocenters. The van der Waals surface area contributed by atoms with Crippen molar-refractivity contribution in [1.29, 1.82) is 0 Å². The number of nitro benzene ring substituents is 1. The fraction of sp³-hybridized carbons (Fsp3) is 0.262. The second-order valence-electron chi connectivity index (χ2n) is 13.3. The molecule has 0 spiro atoms. The van der Waals surface area contributed by atoms with E-state index >= 15 is 0 Å². The van der Waals surface area contributed by atoms with Crippen molar-refractivity contribution in [2.45, 2.75) is 61.5 Å². The number of rotatable bonds is 7. The molecule has 7 nitrogen and oxygen atoms in total. The van der Waals surface area contributed by atoms with Gasteiger partial charge in [-0.1, -0.05) is 65.2 Å². The monoisotopic (exact) mass is 862 g/mol. The Morgan fingerprint density at radius 3 is 1.77 bits per heavy atom. The maximum absolute atomic E-state index is 10.7. The first kappa shape index (κ1) is 41.9. The Bertz CT molecular complexity index is 1940. The number of pyridine rings is 1. The summed E-state index contributed by atoms with van der Waals surface area (Å²) in [6, 6.07) is 25.3. The number of benzene rings is 4. The van der Waals surface area contributed by atoms with Crippen LogP contribution in [0.3, 0.4) is 0 Å². The molecule has 0 bridgehead atoms. The van der Waals surface area contributed by atoms with Crippen LogP contribution in [0.25, 0.3) is 11.1 Å². The fourth-order valence-corrected chi connectivity index (χ4v) is 8.40. The number of nitro groups is 1. The summed E-state index contributed by atoms with van der Waals surface area (Å²) in [6.07, 6.45) is 3.71. The minimum Gasteiger partial charge on any atom is -0.502 e. The number of aromatic nitrogens is 1. The maximum Gasteiger partial charge on any atom is 0.0406 e. The van der Waals surface area contributed by atoms with Crippen LogP contribution in [0.2, 0.25) is 5.02 Å². The zero-order valence-corrected chi connectivity index (χ0v) is 35.4. The second kappa shape index (κ2) is 19.5. The summed E-state index contributed by atoms with van der Waals surface area (Å²) in [5.74, 6) is 0.686. The number of nitrogens with zero attached hydrogens (tertiary/aromatic N) is 4. The molecule has 4 aromatic carbocycles. The van der Waals surface area contributed by atoms with Crippen molar-refractivity contribution in [3.05, 3.63) is 152 Å². The first-order valence-electron chi connectivity index (χ1n) is 17.1. The summed E-state index contributed by atoms with van der Waals surface area (Å²) in [5, 5.41) is 11.4. The van der Waals surface area contributed by atoms with Gasteiger partial charge in [0.2, 0.25) is 0 Å². The van der Waals surface area contributed by atoms with Crippen LogP contribution >= 0.6 is 31.0 Å². The molecule has 1 N–H and O–H groups in total. The minimum atomic E-state index is -2.03. The predicted octanol–water partition coefficient (Wildman–Crippen LogP) is 11.7. The number of aromatic hydroxyl groups is 1. The van der Waals surface area contributed by atoms with E-state index in [2.05, 4.69) is 92.0 Å². The molecule has 1 aliphatic heterocycles. The van der Waals surface area contributed by atoms with Crippen LogP contribution < -0.4 is 9.80 Å². The van der Waals surface area contributed by atoms with Gasteiger partial charge in [0.15, 0.2) is 0 Å². The molecule has 11 heteroatoms. The fourth-order valence-electron chi connectivity index (χ4n) is 6.48. The van der Waals surface area contributed by atoms with E-state index in [1.807, 2.05) is 56.4 Å². The van der Waals surface area contributed by atoms with Gasteiger partial charge in [0.05, 0.1) is 0 Å². The molecule has 0 radical (unpaired) electrons. The van der Waals surface area contributed by atoms with E-state index in [0.29, 0.717) is 11.3 Å². The Labute approximate surface area is 332 Å². The molecule has 0 saturated carbocycles. The standard InChI is InChI=1S/C21H27N2.C11H8ClN.C10H11NO3.2ClH.Ru/c1-14-9-16(3)20(17(4)10-14)22-7-8-23(13-22)21-18(5)11-15(2)12-19(21)6;12-11-5-3-9(4-6-11)10-2-1-7-13-8-10;1-7(2)14-10-5-4-9(11(12)13)6-8(10)3;;;/h9-13H,7-8H2,1-6H3;1-8H;3-7H,1-2H3;2*1H;/q-1;;;;;+2/p-1. The number of anilines is 2. The van der Waals surface area contributed by atoms with Gasteiger partial charge in [0, 0.05) is 41.9 Å². The van der Waals surface area contributed by atoms with E-state index in [4.69, 9.17) is 31.0 Å². The van der Waals surface area contributed by atoms with Gasteiger partial charge >= 0.3 is 112 Å². The largest absolute Gasteiger partial charge is 0.502 e. The van der Waals surface area contributed by atoms with E-state index in [1.165, 1.54) is 56.9 Å². The normalized spacial score (nSPS) is 12.4. The minimum absolute atomic E-state index is 0.0164. The molecule has 0 aliphatic carbocycles. The molecule has 2 heterocycles. The molecule has 1 saturated heterocycles. The molecular weight excluding hydrogens is 816 g/mol. The Balaban J connectivity index is 0.000000185. The van der Waals surface area contributed by atoms with Gasteiger partial charge in [-0.15, -0.1) is 0 Å². The van der Waals surface area contributed by atoms with Crippen molar-refractivity contribution in [3.8, 4) is 16.9 Å². The van der Waals surface area contributed by atoms with Crippen molar-refractivity contribution >= 4 is 52.7 Å². The summed E-state index contributed by atoms with van der Waals surface area (Å²) >= 11 is 3.76. The summed E-state index contributed by atoms with van der Waals surface area (Å²) < 4.78 is 6.03. The molecule has 5 aromatic rings. The first-order valence-corrected chi connectivity index (χ1v) is 23.0. The zero-order chi connectivity index (χ0) is 38.8. The maximum atomic E-state index is 10.7. The average Bonchev–Trinajstić information content (AvgIpc) is 3.54. The van der Waals surface area contributed by atoms with E-state index in [9.17, 15) is 10.1 Å². The molecule has 6 rings (SSSR count).